The van der Waals surface area contributed by atoms with E-state index in [2.05, 4.69) is 23.3 Å². The predicted octanol–water partition coefficient (Wildman–Crippen LogP) is -2.31. The minimum atomic E-state index is -1.63. The maximum Gasteiger partial charge on any atom is 0.328 e. The summed E-state index contributed by atoms with van der Waals surface area (Å²) >= 11 is 4.01. The maximum atomic E-state index is 12.5. The van der Waals surface area contributed by atoms with Crippen LogP contribution < -0.4 is 21.7 Å². The Morgan fingerprint density at radius 2 is 1.43 bits per heavy atom. The molecule has 8 N–H and O–H groups in total. The number of aliphatic carboxylic acids is 2. The first-order valence-electron chi connectivity index (χ1n) is 9.31. The second-order valence-corrected chi connectivity index (χ2v) is 7.10. The van der Waals surface area contributed by atoms with Crippen LogP contribution in [0.4, 0.5) is 0 Å². The average Bonchev–Trinajstić information content (AvgIpc) is 2.70. The molecule has 30 heavy (non-hydrogen) atoms. The number of hydrogen-bond donors (Lipinski definition) is 8. The fourth-order valence-corrected chi connectivity index (χ4v) is 2.50. The molecule has 13 heteroatoms. The number of amides is 3. The first-order chi connectivity index (χ1) is 14.0. The number of aliphatic hydroxyl groups is 1. The van der Waals surface area contributed by atoms with Gasteiger partial charge in [-0.1, -0.05) is 20.3 Å². The van der Waals surface area contributed by atoms with Crippen LogP contribution in [0.2, 0.25) is 0 Å². The van der Waals surface area contributed by atoms with E-state index in [0.29, 0.717) is 6.42 Å². The number of thiol groups is 1. The third-order valence-corrected chi connectivity index (χ3v) is 4.82. The van der Waals surface area contributed by atoms with E-state index in [4.69, 9.17) is 21.1 Å². The molecule has 0 rings (SSSR count). The Balaban J connectivity index is 5.26. The van der Waals surface area contributed by atoms with Crippen LogP contribution in [0, 0.1) is 5.92 Å². The summed E-state index contributed by atoms with van der Waals surface area (Å²) in [4.78, 5) is 58.8. The highest BCUT2D eigenvalue weighted by molar-refractivity contribution is 7.80. The number of carboxylic acids is 2. The second kappa shape index (κ2) is 13.8. The van der Waals surface area contributed by atoms with Crippen molar-refractivity contribution in [1.82, 2.24) is 16.0 Å². The van der Waals surface area contributed by atoms with Crippen LogP contribution in [0.5, 0.6) is 0 Å². The fourth-order valence-electron chi connectivity index (χ4n) is 2.24. The van der Waals surface area contributed by atoms with Crippen LogP contribution in [0.3, 0.4) is 0 Å². The minimum absolute atomic E-state index is 0.132. The largest absolute Gasteiger partial charge is 0.481 e. The summed E-state index contributed by atoms with van der Waals surface area (Å²) in [5.41, 5.74) is 5.83. The van der Waals surface area contributed by atoms with Crippen molar-refractivity contribution in [3.05, 3.63) is 0 Å². The number of carboxylic acid groups (broad SMARTS) is 2. The van der Waals surface area contributed by atoms with Gasteiger partial charge in [0.05, 0.1) is 12.6 Å². The third kappa shape index (κ3) is 9.41. The van der Waals surface area contributed by atoms with Crippen molar-refractivity contribution < 1.29 is 39.3 Å². The molecule has 0 aromatic heterocycles. The molecule has 0 aliphatic rings. The first-order valence-corrected chi connectivity index (χ1v) is 9.94. The Bertz CT molecular complexity index is 633. The molecule has 0 saturated carbocycles. The topological polar surface area (TPSA) is 208 Å². The van der Waals surface area contributed by atoms with E-state index in [9.17, 15) is 24.0 Å². The normalized spacial score (nSPS) is 15.8. The van der Waals surface area contributed by atoms with Gasteiger partial charge >= 0.3 is 11.9 Å². The number of aliphatic hydroxyl groups excluding tert-OH is 1. The van der Waals surface area contributed by atoms with E-state index in [0.717, 1.165) is 0 Å². The Kier molecular flexibility index (Phi) is 12.7. The summed E-state index contributed by atoms with van der Waals surface area (Å²) in [5, 5.41) is 33.5. The molecule has 172 valence electrons. The number of carbonyl (C=O) groups excluding carboxylic acids is 3. The average molecular weight is 451 g/mol. The molecule has 0 radical (unpaired) electrons. The highest BCUT2D eigenvalue weighted by Crippen LogP contribution is 2.06. The van der Waals surface area contributed by atoms with Gasteiger partial charge in [-0.25, -0.2) is 4.79 Å². The van der Waals surface area contributed by atoms with Crippen LogP contribution in [-0.2, 0) is 24.0 Å². The number of rotatable bonds is 14. The molecule has 0 saturated heterocycles. The van der Waals surface area contributed by atoms with E-state index >= 15 is 0 Å². The zero-order valence-corrected chi connectivity index (χ0v) is 17.7. The highest BCUT2D eigenvalue weighted by atomic mass is 32.1. The van der Waals surface area contributed by atoms with Crippen molar-refractivity contribution in [2.75, 3.05) is 12.4 Å². The fraction of sp³-hybridized carbons (Fsp3) is 0.706. The summed E-state index contributed by atoms with van der Waals surface area (Å²) in [5.74, 6) is -5.42. The number of hydrogen-bond acceptors (Lipinski definition) is 8. The van der Waals surface area contributed by atoms with Crippen LogP contribution >= 0.6 is 12.6 Å². The Labute approximate surface area is 179 Å². The monoisotopic (exact) mass is 450 g/mol. The van der Waals surface area contributed by atoms with Crippen molar-refractivity contribution in [2.24, 2.45) is 11.7 Å². The first kappa shape index (κ1) is 27.6. The standard InChI is InChI=1S/C17H30N4O8S/c1-3-8(2)13(18)16(27)21-11(7-30)15(26)19-9(4-5-12(23)24)14(25)20-10(6-22)17(28)29/h8-11,13,22,30H,3-7,18H2,1-2H3,(H,19,26)(H,20,25)(H,21,27)(H,23,24)(H,28,29). The Morgan fingerprint density at radius 3 is 1.87 bits per heavy atom. The van der Waals surface area contributed by atoms with Crippen LogP contribution in [0.25, 0.3) is 0 Å². The van der Waals surface area contributed by atoms with Crippen molar-refractivity contribution >= 4 is 42.3 Å². The summed E-state index contributed by atoms with van der Waals surface area (Å²) < 4.78 is 0. The lowest BCUT2D eigenvalue weighted by molar-refractivity contribution is -0.144. The smallest absolute Gasteiger partial charge is 0.328 e. The molecule has 0 spiro atoms. The van der Waals surface area contributed by atoms with Gasteiger partial charge in [-0.2, -0.15) is 12.6 Å². The van der Waals surface area contributed by atoms with Gasteiger partial charge in [0.1, 0.15) is 18.1 Å². The number of carbonyl (C=O) groups is 5. The van der Waals surface area contributed by atoms with Gasteiger partial charge in [-0.05, 0) is 12.3 Å². The molecular weight excluding hydrogens is 420 g/mol. The second-order valence-electron chi connectivity index (χ2n) is 6.73. The van der Waals surface area contributed by atoms with Gasteiger partial charge in [-0.3, -0.25) is 19.2 Å². The molecule has 0 heterocycles. The van der Waals surface area contributed by atoms with E-state index < -0.39 is 66.9 Å². The van der Waals surface area contributed by atoms with Crippen molar-refractivity contribution in [3.63, 3.8) is 0 Å². The molecular formula is C17H30N4O8S. The maximum absolute atomic E-state index is 12.5. The van der Waals surface area contributed by atoms with Crippen LogP contribution in [0.1, 0.15) is 33.1 Å². The minimum Gasteiger partial charge on any atom is -0.481 e. The zero-order chi connectivity index (χ0) is 23.4. The molecule has 0 bridgehead atoms. The highest BCUT2D eigenvalue weighted by Gasteiger charge is 2.30. The molecule has 0 fully saturated rings. The lowest BCUT2D eigenvalue weighted by Gasteiger charge is -2.25. The van der Waals surface area contributed by atoms with E-state index in [-0.39, 0.29) is 18.1 Å². The lowest BCUT2D eigenvalue weighted by Crippen LogP contribution is -2.58. The molecule has 12 nitrogen and oxygen atoms in total. The van der Waals surface area contributed by atoms with Gasteiger partial charge in [0, 0.05) is 12.2 Å². The van der Waals surface area contributed by atoms with Gasteiger partial charge < -0.3 is 37.0 Å². The molecule has 0 aliphatic carbocycles. The summed E-state index contributed by atoms with van der Waals surface area (Å²) in [6, 6.07) is -5.07. The number of nitrogens with one attached hydrogen (secondary N) is 3. The van der Waals surface area contributed by atoms with Crippen molar-refractivity contribution in [2.45, 2.75) is 57.3 Å². The summed E-state index contributed by atoms with van der Waals surface area (Å²) in [6.07, 6.45) is -0.199. The van der Waals surface area contributed by atoms with Crippen LogP contribution in [-0.4, -0.2) is 81.5 Å². The van der Waals surface area contributed by atoms with E-state index in [1.165, 1.54) is 0 Å². The lowest BCUT2D eigenvalue weighted by atomic mass is 9.99. The van der Waals surface area contributed by atoms with Crippen molar-refractivity contribution in [3.8, 4) is 0 Å². The zero-order valence-electron chi connectivity index (χ0n) is 16.8. The van der Waals surface area contributed by atoms with Gasteiger partial charge in [0.2, 0.25) is 17.7 Å². The predicted molar refractivity (Wildman–Crippen MR) is 109 cm³/mol. The van der Waals surface area contributed by atoms with Crippen LogP contribution in [0.15, 0.2) is 0 Å². The third-order valence-electron chi connectivity index (χ3n) is 4.45. The Hall–Kier alpha value is -2.38. The van der Waals surface area contributed by atoms with Gasteiger partial charge in [0.15, 0.2) is 0 Å². The molecule has 3 amide bonds. The van der Waals surface area contributed by atoms with E-state index in [1.807, 2.05) is 12.2 Å². The molecule has 0 aromatic carbocycles. The molecule has 0 aromatic rings. The summed E-state index contributed by atoms with van der Waals surface area (Å²) in [7, 11) is 0. The van der Waals surface area contributed by atoms with Gasteiger partial charge in [-0.15, -0.1) is 0 Å². The summed E-state index contributed by atoms with van der Waals surface area (Å²) in [6.45, 7) is 2.72. The molecule has 0 aliphatic heterocycles. The number of nitrogens with two attached hydrogens (primary N) is 1. The quantitative estimate of drug-likeness (QED) is 0.133. The van der Waals surface area contributed by atoms with Crippen molar-refractivity contribution in [1.29, 1.82) is 0 Å². The Morgan fingerprint density at radius 1 is 0.933 bits per heavy atom. The van der Waals surface area contributed by atoms with E-state index in [1.54, 1.807) is 6.92 Å². The molecule has 5 atom stereocenters. The SMILES string of the molecule is CCC(C)C(N)C(=O)NC(CS)C(=O)NC(CCC(=O)O)C(=O)NC(CO)C(=O)O. The van der Waals surface area contributed by atoms with Gasteiger partial charge in [0.25, 0.3) is 0 Å². The molecule has 5 unspecified atom stereocenters.